The number of hydrogen-bond acceptors (Lipinski definition) is 10. The number of ether oxygens (including phenoxy) is 4. The summed E-state index contributed by atoms with van der Waals surface area (Å²) in [6.07, 6.45) is 3.85. The lowest BCUT2D eigenvalue weighted by Crippen LogP contribution is -2.54. The SMILES string of the molecule is O=C1CCC(N2C(=O)c3ccc(N4CC(OCCOCC#CCO[C@H]5C[C@H](Oc6ccc(Br)cn6)C5)C4)cc3C2=O)C(=O)N1. The molecule has 0 bridgehead atoms. The standard InChI is InChI=1S/C31H31BrN4O8/c32-19-3-8-28(33-16-19)44-22-14-21(15-22)42-10-2-1-9-41-11-12-43-23-17-35(18-23)20-4-5-24-25(13-20)31(40)36(30(24)39)26-6-7-27(37)34-29(26)38/h3-5,8,13,16,21-23,26H,6-7,9-12,14-15,17-18H2,(H,34,37,38)/t21-,22-,26?. The second-order valence-electron chi connectivity index (χ2n) is 10.9. The lowest BCUT2D eigenvalue weighted by molar-refractivity contribution is -0.136. The van der Waals surface area contributed by atoms with Gasteiger partial charge in [-0.15, -0.1) is 0 Å². The molecule has 1 unspecified atom stereocenters. The van der Waals surface area contributed by atoms with Crippen molar-refractivity contribution < 1.29 is 38.1 Å². The minimum absolute atomic E-state index is 0.0264. The average molecular weight is 668 g/mol. The van der Waals surface area contributed by atoms with Gasteiger partial charge in [-0.2, -0.15) is 0 Å². The van der Waals surface area contributed by atoms with Crippen LogP contribution in [0.1, 0.15) is 46.4 Å². The Hall–Kier alpha value is -3.83. The largest absolute Gasteiger partial charge is 0.474 e. The van der Waals surface area contributed by atoms with Crippen LogP contribution < -0.4 is 15.0 Å². The number of halogens is 1. The quantitative estimate of drug-likeness (QED) is 0.216. The van der Waals surface area contributed by atoms with Gasteiger partial charge in [0.2, 0.25) is 17.7 Å². The van der Waals surface area contributed by atoms with Gasteiger partial charge < -0.3 is 23.8 Å². The van der Waals surface area contributed by atoms with Crippen molar-refractivity contribution in [3.63, 3.8) is 0 Å². The molecule has 3 aliphatic heterocycles. The number of imide groups is 2. The fourth-order valence-corrected chi connectivity index (χ4v) is 5.66. The van der Waals surface area contributed by atoms with Crippen LogP contribution in [0.25, 0.3) is 0 Å². The molecule has 0 spiro atoms. The number of fused-ring (bicyclic) bond motifs is 1. The number of pyridine rings is 1. The Kier molecular flexibility index (Phi) is 9.22. The number of benzene rings is 1. The maximum Gasteiger partial charge on any atom is 0.262 e. The van der Waals surface area contributed by atoms with Crippen LogP contribution in [0.15, 0.2) is 41.0 Å². The van der Waals surface area contributed by atoms with E-state index in [0.29, 0.717) is 45.4 Å². The van der Waals surface area contributed by atoms with Gasteiger partial charge in [0.05, 0.1) is 36.5 Å². The monoisotopic (exact) mass is 666 g/mol. The number of aromatic nitrogens is 1. The van der Waals surface area contributed by atoms with E-state index >= 15 is 0 Å². The summed E-state index contributed by atoms with van der Waals surface area (Å²) in [7, 11) is 0. The molecule has 0 radical (unpaired) electrons. The maximum absolute atomic E-state index is 13.0. The van der Waals surface area contributed by atoms with Crippen LogP contribution >= 0.6 is 15.9 Å². The van der Waals surface area contributed by atoms with Crippen molar-refractivity contribution in [1.29, 1.82) is 0 Å². The van der Waals surface area contributed by atoms with Gasteiger partial charge in [0.15, 0.2) is 0 Å². The second kappa shape index (κ2) is 13.4. The van der Waals surface area contributed by atoms with Crippen molar-refractivity contribution in [2.24, 2.45) is 0 Å². The lowest BCUT2D eigenvalue weighted by atomic mass is 9.92. The highest BCUT2D eigenvalue weighted by Crippen LogP contribution is 2.32. The molecular weight excluding hydrogens is 636 g/mol. The van der Waals surface area contributed by atoms with E-state index in [-0.39, 0.29) is 42.3 Å². The molecular formula is C31H31BrN4O8. The molecule has 1 aliphatic carbocycles. The summed E-state index contributed by atoms with van der Waals surface area (Å²) in [5, 5.41) is 2.21. The van der Waals surface area contributed by atoms with E-state index in [1.807, 2.05) is 12.1 Å². The molecule has 4 amide bonds. The van der Waals surface area contributed by atoms with Crippen LogP contribution in [-0.2, 0) is 23.8 Å². The van der Waals surface area contributed by atoms with Gasteiger partial charge >= 0.3 is 0 Å². The number of carbonyl (C=O) groups is 4. The Morgan fingerprint density at radius 3 is 2.48 bits per heavy atom. The fraction of sp³-hybridized carbons (Fsp3) is 0.452. The zero-order valence-corrected chi connectivity index (χ0v) is 25.4. The lowest BCUT2D eigenvalue weighted by Gasteiger charge is -2.40. The van der Waals surface area contributed by atoms with Gasteiger partial charge in [-0.25, -0.2) is 4.98 Å². The summed E-state index contributed by atoms with van der Waals surface area (Å²) in [6.45, 7) is 2.79. The number of rotatable bonds is 11. The van der Waals surface area contributed by atoms with Crippen LogP contribution in [0.4, 0.5) is 5.69 Å². The molecule has 13 heteroatoms. The normalized spacial score (nSPS) is 23.0. The van der Waals surface area contributed by atoms with Crippen molar-refractivity contribution in [1.82, 2.24) is 15.2 Å². The highest BCUT2D eigenvalue weighted by Gasteiger charge is 2.45. The van der Waals surface area contributed by atoms with Crippen LogP contribution in [0, 0.1) is 11.8 Å². The molecule has 230 valence electrons. The zero-order chi connectivity index (χ0) is 30.6. The minimum atomic E-state index is -0.977. The van der Waals surface area contributed by atoms with E-state index in [4.69, 9.17) is 18.9 Å². The molecule has 3 fully saturated rings. The van der Waals surface area contributed by atoms with E-state index in [1.54, 1.807) is 24.4 Å². The van der Waals surface area contributed by atoms with Crippen molar-refractivity contribution in [3.8, 4) is 17.7 Å². The van der Waals surface area contributed by atoms with Crippen LogP contribution in [0.5, 0.6) is 5.88 Å². The van der Waals surface area contributed by atoms with Crippen molar-refractivity contribution in [2.75, 3.05) is 44.4 Å². The molecule has 4 aliphatic rings. The summed E-state index contributed by atoms with van der Waals surface area (Å²) in [6, 6.07) is 7.84. The topological polar surface area (TPSA) is 137 Å². The Labute approximate surface area is 262 Å². The highest BCUT2D eigenvalue weighted by atomic mass is 79.9. The third-order valence-electron chi connectivity index (χ3n) is 7.95. The molecule has 44 heavy (non-hydrogen) atoms. The Morgan fingerprint density at radius 2 is 1.70 bits per heavy atom. The number of hydrogen-bond donors (Lipinski definition) is 1. The third kappa shape index (κ3) is 6.78. The molecule has 1 aromatic heterocycles. The Bertz CT molecular complexity index is 1490. The van der Waals surface area contributed by atoms with Gasteiger partial charge in [0, 0.05) is 54.8 Å². The van der Waals surface area contributed by atoms with Crippen molar-refractivity contribution >= 4 is 45.2 Å². The van der Waals surface area contributed by atoms with Gasteiger partial charge in [0.25, 0.3) is 11.8 Å². The van der Waals surface area contributed by atoms with Gasteiger partial charge in [0.1, 0.15) is 25.4 Å². The zero-order valence-electron chi connectivity index (χ0n) is 23.8. The summed E-state index contributed by atoms with van der Waals surface area (Å²) in [4.78, 5) is 56.9. The van der Waals surface area contributed by atoms with E-state index in [0.717, 1.165) is 27.9 Å². The first-order valence-corrected chi connectivity index (χ1v) is 15.3. The summed E-state index contributed by atoms with van der Waals surface area (Å²) in [5.74, 6) is 4.48. The first-order valence-electron chi connectivity index (χ1n) is 14.5. The summed E-state index contributed by atoms with van der Waals surface area (Å²) < 4.78 is 23.8. The van der Waals surface area contributed by atoms with Crippen molar-refractivity contribution in [2.45, 2.75) is 50.0 Å². The number of carbonyl (C=O) groups excluding carboxylic acids is 4. The van der Waals surface area contributed by atoms with Gasteiger partial charge in [-0.1, -0.05) is 11.8 Å². The molecule has 1 aromatic carbocycles. The van der Waals surface area contributed by atoms with E-state index < -0.39 is 29.7 Å². The molecule has 12 nitrogen and oxygen atoms in total. The number of anilines is 1. The molecule has 1 atom stereocenters. The highest BCUT2D eigenvalue weighted by molar-refractivity contribution is 9.10. The first-order chi connectivity index (χ1) is 21.4. The maximum atomic E-state index is 13.0. The molecule has 1 saturated carbocycles. The Morgan fingerprint density at radius 1 is 0.909 bits per heavy atom. The van der Waals surface area contributed by atoms with Crippen LogP contribution in [0.3, 0.4) is 0 Å². The van der Waals surface area contributed by atoms with E-state index in [9.17, 15) is 19.2 Å². The summed E-state index contributed by atoms with van der Waals surface area (Å²) in [5.41, 5.74) is 1.33. The Balaban J connectivity index is 0.832. The molecule has 4 heterocycles. The minimum Gasteiger partial charge on any atom is -0.474 e. The first kappa shape index (κ1) is 30.2. The number of amides is 4. The van der Waals surface area contributed by atoms with Crippen molar-refractivity contribution in [3.05, 3.63) is 52.1 Å². The molecule has 2 saturated heterocycles. The van der Waals surface area contributed by atoms with E-state index in [2.05, 4.69) is 43.0 Å². The van der Waals surface area contributed by atoms with Crippen LogP contribution in [0.2, 0.25) is 0 Å². The molecule has 6 rings (SSSR count). The van der Waals surface area contributed by atoms with Gasteiger partial charge in [-0.3, -0.25) is 29.4 Å². The van der Waals surface area contributed by atoms with E-state index in [1.165, 1.54) is 0 Å². The number of nitrogens with zero attached hydrogens (tertiary/aromatic N) is 3. The summed E-state index contributed by atoms with van der Waals surface area (Å²) >= 11 is 3.36. The predicted molar refractivity (Wildman–Crippen MR) is 159 cm³/mol. The average Bonchev–Trinajstić information content (AvgIpc) is 3.21. The number of piperidine rings is 1. The van der Waals surface area contributed by atoms with Gasteiger partial charge in [-0.05, 0) is 46.6 Å². The van der Waals surface area contributed by atoms with Crippen LogP contribution in [-0.4, -0.2) is 97.4 Å². The number of nitrogens with one attached hydrogen (secondary N) is 1. The molecule has 2 aromatic rings. The second-order valence-corrected chi connectivity index (χ2v) is 11.9. The molecule has 1 N–H and O–H groups in total. The fourth-order valence-electron chi connectivity index (χ4n) is 5.42. The third-order valence-corrected chi connectivity index (χ3v) is 8.42. The predicted octanol–water partition coefficient (Wildman–Crippen LogP) is 2.10. The smallest absolute Gasteiger partial charge is 0.262 e.